The average molecular weight is 380 g/mol. The van der Waals surface area contributed by atoms with Gasteiger partial charge in [0, 0.05) is 6.54 Å². The summed E-state index contributed by atoms with van der Waals surface area (Å²) in [5, 5.41) is 10.00. The fourth-order valence-electron chi connectivity index (χ4n) is 2.09. The molecule has 0 saturated carbocycles. The van der Waals surface area contributed by atoms with Crippen molar-refractivity contribution in [1.82, 2.24) is 4.72 Å². The molecule has 5 nitrogen and oxygen atoms in total. The first-order valence-corrected chi connectivity index (χ1v) is 9.14. The van der Waals surface area contributed by atoms with Gasteiger partial charge in [0.25, 0.3) is 0 Å². The number of hydrogen-bond donors (Lipinski definition) is 2. The molecular formula is C14H22BrNO4S. The second-order valence-electron chi connectivity index (χ2n) is 4.79. The monoisotopic (exact) mass is 379 g/mol. The van der Waals surface area contributed by atoms with Crippen LogP contribution >= 0.6 is 15.9 Å². The van der Waals surface area contributed by atoms with Gasteiger partial charge in [-0.2, -0.15) is 0 Å². The van der Waals surface area contributed by atoms with Gasteiger partial charge >= 0.3 is 0 Å². The van der Waals surface area contributed by atoms with E-state index in [0.29, 0.717) is 10.2 Å². The molecule has 7 heteroatoms. The molecule has 0 aliphatic carbocycles. The van der Waals surface area contributed by atoms with Gasteiger partial charge in [-0.25, -0.2) is 13.1 Å². The van der Waals surface area contributed by atoms with Gasteiger partial charge in [-0.3, -0.25) is 0 Å². The zero-order valence-electron chi connectivity index (χ0n) is 12.5. The van der Waals surface area contributed by atoms with Gasteiger partial charge in [0.05, 0.1) is 22.6 Å². The normalized spacial score (nSPS) is 13.4. The van der Waals surface area contributed by atoms with Gasteiger partial charge in [0.15, 0.2) is 0 Å². The molecule has 0 spiro atoms. The topological polar surface area (TPSA) is 75.6 Å². The average Bonchev–Trinajstić information content (AvgIpc) is 2.46. The van der Waals surface area contributed by atoms with E-state index in [0.717, 1.165) is 12.8 Å². The Hall–Kier alpha value is -0.630. The van der Waals surface area contributed by atoms with Gasteiger partial charge in [0.1, 0.15) is 5.75 Å². The molecule has 0 fully saturated rings. The number of aliphatic hydroxyl groups excluding tert-OH is 1. The minimum absolute atomic E-state index is 0.0122. The van der Waals surface area contributed by atoms with Crippen LogP contribution in [0.5, 0.6) is 5.75 Å². The molecule has 1 aromatic rings. The number of rotatable bonds is 8. The lowest BCUT2D eigenvalue weighted by Gasteiger charge is -2.20. The van der Waals surface area contributed by atoms with Crippen LogP contribution in [-0.4, -0.2) is 33.3 Å². The van der Waals surface area contributed by atoms with E-state index in [2.05, 4.69) is 20.7 Å². The van der Waals surface area contributed by atoms with Crippen LogP contribution in [0.3, 0.4) is 0 Å². The third-order valence-corrected chi connectivity index (χ3v) is 5.55. The van der Waals surface area contributed by atoms with Crippen LogP contribution in [0.25, 0.3) is 0 Å². The second kappa shape index (κ2) is 8.12. The largest absolute Gasteiger partial charge is 0.496 e. The van der Waals surface area contributed by atoms with Crippen LogP contribution < -0.4 is 9.46 Å². The van der Waals surface area contributed by atoms with Gasteiger partial charge in [-0.1, -0.05) is 26.7 Å². The van der Waals surface area contributed by atoms with Crippen molar-refractivity contribution in [3.8, 4) is 5.75 Å². The number of halogens is 1. The number of aliphatic hydroxyl groups is 1. The number of benzene rings is 1. The molecule has 1 atom stereocenters. The molecule has 0 aromatic heterocycles. The lowest BCUT2D eigenvalue weighted by atomic mass is 9.97. The fourth-order valence-corrected chi connectivity index (χ4v) is 3.86. The van der Waals surface area contributed by atoms with Crippen molar-refractivity contribution < 1.29 is 18.3 Å². The van der Waals surface area contributed by atoms with Crippen LogP contribution in [-0.2, 0) is 10.0 Å². The summed E-state index contributed by atoms with van der Waals surface area (Å²) in [5.74, 6) is 0.654. The van der Waals surface area contributed by atoms with E-state index in [4.69, 9.17) is 4.74 Å². The molecule has 0 saturated heterocycles. The summed E-state index contributed by atoms with van der Waals surface area (Å²) in [7, 11) is -2.14. The lowest BCUT2D eigenvalue weighted by molar-refractivity contribution is 0.107. The van der Waals surface area contributed by atoms with E-state index in [1.54, 1.807) is 6.07 Å². The van der Waals surface area contributed by atoms with Crippen molar-refractivity contribution in [2.24, 2.45) is 5.92 Å². The summed E-state index contributed by atoms with van der Waals surface area (Å²) in [6.45, 7) is 3.97. The summed E-state index contributed by atoms with van der Waals surface area (Å²) in [4.78, 5) is 0.131. The molecule has 1 aromatic carbocycles. The first kappa shape index (κ1) is 18.4. The van der Waals surface area contributed by atoms with Crippen LogP contribution in [0.15, 0.2) is 27.6 Å². The molecule has 0 heterocycles. The predicted molar refractivity (Wildman–Crippen MR) is 86.0 cm³/mol. The summed E-state index contributed by atoms with van der Waals surface area (Å²) in [5.41, 5.74) is 0. The Balaban J connectivity index is 2.80. The van der Waals surface area contributed by atoms with Crippen LogP contribution in [0.2, 0.25) is 0 Å². The van der Waals surface area contributed by atoms with E-state index in [1.165, 1.54) is 19.2 Å². The molecule has 21 heavy (non-hydrogen) atoms. The van der Waals surface area contributed by atoms with Crippen molar-refractivity contribution in [2.75, 3.05) is 13.7 Å². The van der Waals surface area contributed by atoms with Crippen molar-refractivity contribution in [1.29, 1.82) is 0 Å². The van der Waals surface area contributed by atoms with Crippen LogP contribution in [0.1, 0.15) is 26.7 Å². The van der Waals surface area contributed by atoms with E-state index in [9.17, 15) is 13.5 Å². The molecule has 0 aliphatic rings. The quantitative estimate of drug-likeness (QED) is 0.727. The summed E-state index contributed by atoms with van der Waals surface area (Å²) < 4.78 is 32.5. The number of hydrogen-bond acceptors (Lipinski definition) is 4. The summed E-state index contributed by atoms with van der Waals surface area (Å²) in [6, 6.07) is 4.52. The maximum atomic E-state index is 12.2. The van der Waals surface area contributed by atoms with Crippen molar-refractivity contribution in [2.45, 2.75) is 37.7 Å². The third-order valence-electron chi connectivity index (χ3n) is 3.51. The lowest BCUT2D eigenvalue weighted by Crippen LogP contribution is -2.36. The molecule has 1 unspecified atom stereocenters. The molecule has 0 aliphatic heterocycles. The molecule has 0 bridgehead atoms. The van der Waals surface area contributed by atoms with Gasteiger partial charge < -0.3 is 9.84 Å². The summed E-state index contributed by atoms with van der Waals surface area (Å²) in [6.07, 6.45) is 0.942. The SMILES string of the molecule is CCC(CC)C(O)CNS(=O)(=O)c1ccc(OC)c(Br)c1. The van der Waals surface area contributed by atoms with Crippen molar-refractivity contribution in [3.63, 3.8) is 0 Å². The standard InChI is InChI=1S/C14H22BrNO4S/c1-4-10(5-2)13(17)9-16-21(18,19)11-6-7-14(20-3)12(15)8-11/h6-8,10,13,16-17H,4-5,9H2,1-3H3. The molecular weight excluding hydrogens is 358 g/mol. The Bertz CT molecular complexity index is 558. The first-order valence-electron chi connectivity index (χ1n) is 6.87. The Morgan fingerprint density at radius 2 is 1.95 bits per heavy atom. The second-order valence-corrected chi connectivity index (χ2v) is 7.41. The maximum Gasteiger partial charge on any atom is 0.240 e. The zero-order chi connectivity index (χ0) is 16.0. The molecule has 0 amide bonds. The molecule has 120 valence electrons. The minimum atomic E-state index is -3.65. The number of ether oxygens (including phenoxy) is 1. The highest BCUT2D eigenvalue weighted by Gasteiger charge is 2.20. The number of nitrogens with one attached hydrogen (secondary N) is 1. The molecule has 2 N–H and O–H groups in total. The van der Waals surface area contributed by atoms with Crippen molar-refractivity contribution in [3.05, 3.63) is 22.7 Å². The van der Waals surface area contributed by atoms with Gasteiger partial charge in [0.2, 0.25) is 10.0 Å². The predicted octanol–water partition coefficient (Wildman–Crippen LogP) is 2.53. The van der Waals surface area contributed by atoms with E-state index in [1.807, 2.05) is 13.8 Å². The Morgan fingerprint density at radius 1 is 1.33 bits per heavy atom. The highest BCUT2D eigenvalue weighted by atomic mass is 79.9. The Labute approximate surface area is 134 Å². The van der Waals surface area contributed by atoms with E-state index >= 15 is 0 Å². The van der Waals surface area contributed by atoms with Crippen molar-refractivity contribution >= 4 is 26.0 Å². The fraction of sp³-hybridized carbons (Fsp3) is 0.571. The highest BCUT2D eigenvalue weighted by Crippen LogP contribution is 2.27. The first-order chi connectivity index (χ1) is 9.85. The molecule has 1 rings (SSSR count). The third kappa shape index (κ3) is 4.95. The highest BCUT2D eigenvalue weighted by molar-refractivity contribution is 9.10. The maximum absolute atomic E-state index is 12.2. The Kier molecular flexibility index (Phi) is 7.12. The van der Waals surface area contributed by atoms with E-state index < -0.39 is 16.1 Å². The van der Waals surface area contributed by atoms with Gasteiger partial charge in [-0.15, -0.1) is 0 Å². The van der Waals surface area contributed by atoms with Crippen LogP contribution in [0.4, 0.5) is 0 Å². The number of sulfonamides is 1. The molecule has 0 radical (unpaired) electrons. The smallest absolute Gasteiger partial charge is 0.240 e. The van der Waals surface area contributed by atoms with Gasteiger partial charge in [-0.05, 0) is 40.0 Å². The van der Waals surface area contributed by atoms with Crippen LogP contribution in [0, 0.1) is 5.92 Å². The zero-order valence-corrected chi connectivity index (χ0v) is 14.9. The Morgan fingerprint density at radius 3 is 2.43 bits per heavy atom. The summed E-state index contributed by atoms with van der Waals surface area (Å²) >= 11 is 3.26. The minimum Gasteiger partial charge on any atom is -0.496 e. The van der Waals surface area contributed by atoms with E-state index in [-0.39, 0.29) is 17.4 Å². The number of methoxy groups -OCH3 is 1.